The molecule has 1 aliphatic heterocycles. The molecule has 0 bridgehead atoms. The van der Waals surface area contributed by atoms with Crippen molar-refractivity contribution in [1.82, 2.24) is 4.90 Å². The fourth-order valence-corrected chi connectivity index (χ4v) is 2.90. The Bertz CT molecular complexity index is 506. The van der Waals surface area contributed by atoms with Gasteiger partial charge in [0.1, 0.15) is 0 Å². The minimum Gasteiger partial charge on any atom is -0.409 e. The second-order valence-electron chi connectivity index (χ2n) is 5.32. The molecule has 6 heteroatoms. The van der Waals surface area contributed by atoms with Gasteiger partial charge >= 0.3 is 0 Å². The number of piperidine rings is 1. The first-order chi connectivity index (χ1) is 9.52. The monoisotopic (exact) mass is 296 g/mol. The van der Waals surface area contributed by atoms with Gasteiger partial charge in [0.25, 0.3) is 0 Å². The molecule has 5 nitrogen and oxygen atoms in total. The van der Waals surface area contributed by atoms with Crippen molar-refractivity contribution in [2.75, 3.05) is 32.1 Å². The van der Waals surface area contributed by atoms with Crippen molar-refractivity contribution in [1.29, 1.82) is 0 Å². The first kappa shape index (κ1) is 14.9. The molecule has 1 unspecified atom stereocenters. The number of oxime groups is 1. The predicted octanol–water partition coefficient (Wildman–Crippen LogP) is 1.96. The fourth-order valence-electron chi connectivity index (χ4n) is 2.73. The van der Waals surface area contributed by atoms with Crippen LogP contribution in [0.25, 0.3) is 0 Å². The van der Waals surface area contributed by atoms with Gasteiger partial charge in [0.15, 0.2) is 5.84 Å². The molecule has 1 aromatic rings. The molecule has 1 saturated heterocycles. The maximum Gasteiger partial charge on any atom is 0.172 e. The zero-order valence-electron chi connectivity index (χ0n) is 11.9. The van der Waals surface area contributed by atoms with E-state index in [0.29, 0.717) is 16.6 Å². The van der Waals surface area contributed by atoms with Gasteiger partial charge in [0.2, 0.25) is 0 Å². The van der Waals surface area contributed by atoms with E-state index in [4.69, 9.17) is 22.5 Å². The zero-order chi connectivity index (χ0) is 14.7. The summed E-state index contributed by atoms with van der Waals surface area (Å²) in [4.78, 5) is 4.52. The molecular formula is C14H21ClN4O. The van der Waals surface area contributed by atoms with E-state index in [9.17, 15) is 0 Å². The maximum absolute atomic E-state index is 8.93. The first-order valence-corrected chi connectivity index (χ1v) is 7.09. The highest BCUT2D eigenvalue weighted by atomic mass is 35.5. The van der Waals surface area contributed by atoms with E-state index in [1.807, 2.05) is 19.2 Å². The van der Waals surface area contributed by atoms with Crippen molar-refractivity contribution in [3.8, 4) is 0 Å². The quantitative estimate of drug-likeness (QED) is 0.387. The lowest BCUT2D eigenvalue weighted by Crippen LogP contribution is -2.45. The second kappa shape index (κ2) is 6.33. The van der Waals surface area contributed by atoms with Crippen LogP contribution in [0.5, 0.6) is 0 Å². The standard InChI is InChI=1S/C14H21ClN4O/c1-18-7-3-4-11(9-18)19(2)13-6-5-10(15)8-12(13)14(16)17-20/h5-6,8,11,20H,3-4,7,9H2,1-2H3,(H2,16,17). The molecule has 0 spiro atoms. The number of likely N-dealkylation sites (N-methyl/N-ethyl adjacent to an activating group) is 2. The summed E-state index contributed by atoms with van der Waals surface area (Å²) in [7, 11) is 4.17. The summed E-state index contributed by atoms with van der Waals surface area (Å²) in [5.74, 6) is 0.0820. The van der Waals surface area contributed by atoms with Crippen molar-refractivity contribution in [3.05, 3.63) is 28.8 Å². The average molecular weight is 297 g/mol. The van der Waals surface area contributed by atoms with Crippen LogP contribution in [0.1, 0.15) is 18.4 Å². The van der Waals surface area contributed by atoms with Crippen molar-refractivity contribution >= 4 is 23.1 Å². The number of nitrogens with zero attached hydrogens (tertiary/aromatic N) is 3. The number of hydrogen-bond acceptors (Lipinski definition) is 4. The molecule has 0 saturated carbocycles. The summed E-state index contributed by atoms with van der Waals surface area (Å²) in [6.07, 6.45) is 2.32. The Balaban J connectivity index is 2.31. The molecule has 0 amide bonds. The topological polar surface area (TPSA) is 65.1 Å². The van der Waals surface area contributed by atoms with Crippen LogP contribution in [0.4, 0.5) is 5.69 Å². The Kier molecular flexibility index (Phi) is 4.73. The molecule has 3 N–H and O–H groups in total. The summed E-state index contributed by atoms with van der Waals surface area (Å²) >= 11 is 6.01. The van der Waals surface area contributed by atoms with Gasteiger partial charge in [-0.15, -0.1) is 0 Å². The number of anilines is 1. The van der Waals surface area contributed by atoms with Crippen LogP contribution >= 0.6 is 11.6 Å². The minimum absolute atomic E-state index is 0.0820. The SMILES string of the molecule is CN1CCCC(N(C)c2ccc(Cl)cc2C(N)=NO)C1. The summed E-state index contributed by atoms with van der Waals surface area (Å²) in [6.45, 7) is 2.15. The zero-order valence-corrected chi connectivity index (χ0v) is 12.6. The molecule has 1 aliphatic rings. The molecule has 1 aromatic carbocycles. The van der Waals surface area contributed by atoms with E-state index >= 15 is 0 Å². The third-order valence-corrected chi connectivity index (χ3v) is 4.10. The largest absolute Gasteiger partial charge is 0.409 e. The molecule has 20 heavy (non-hydrogen) atoms. The number of nitrogens with two attached hydrogens (primary N) is 1. The first-order valence-electron chi connectivity index (χ1n) is 6.71. The van der Waals surface area contributed by atoms with Gasteiger partial charge in [-0.3, -0.25) is 0 Å². The summed E-state index contributed by atoms with van der Waals surface area (Å²) < 4.78 is 0. The smallest absolute Gasteiger partial charge is 0.172 e. The lowest BCUT2D eigenvalue weighted by atomic mass is 10.0. The Morgan fingerprint density at radius 3 is 2.95 bits per heavy atom. The molecule has 2 rings (SSSR count). The van der Waals surface area contributed by atoms with Crippen molar-refractivity contribution in [2.45, 2.75) is 18.9 Å². The number of amidine groups is 1. The second-order valence-corrected chi connectivity index (χ2v) is 5.75. The summed E-state index contributed by atoms with van der Waals surface area (Å²) in [5, 5.41) is 12.6. The number of benzene rings is 1. The van der Waals surface area contributed by atoms with Crippen LogP contribution in [0.2, 0.25) is 5.02 Å². The van der Waals surface area contributed by atoms with Gasteiger partial charge in [0.05, 0.1) is 0 Å². The number of halogens is 1. The average Bonchev–Trinajstić information content (AvgIpc) is 2.45. The Morgan fingerprint density at radius 1 is 1.55 bits per heavy atom. The highest BCUT2D eigenvalue weighted by molar-refractivity contribution is 6.31. The van der Waals surface area contributed by atoms with Crippen LogP contribution < -0.4 is 10.6 Å². The highest BCUT2D eigenvalue weighted by Gasteiger charge is 2.23. The molecule has 1 fully saturated rings. The highest BCUT2D eigenvalue weighted by Crippen LogP contribution is 2.27. The van der Waals surface area contributed by atoms with Gasteiger partial charge < -0.3 is 20.7 Å². The van der Waals surface area contributed by atoms with Crippen LogP contribution in [0.15, 0.2) is 23.4 Å². The third-order valence-electron chi connectivity index (χ3n) is 3.87. The van der Waals surface area contributed by atoms with Gasteiger partial charge in [-0.2, -0.15) is 0 Å². The Hall–Kier alpha value is -1.46. The molecule has 0 radical (unpaired) electrons. The van der Waals surface area contributed by atoms with Gasteiger partial charge in [0, 0.05) is 35.9 Å². The van der Waals surface area contributed by atoms with E-state index in [1.165, 1.54) is 6.42 Å². The van der Waals surface area contributed by atoms with Gasteiger partial charge in [-0.1, -0.05) is 16.8 Å². The number of hydrogen-bond donors (Lipinski definition) is 2. The fraction of sp³-hybridized carbons (Fsp3) is 0.500. The van der Waals surface area contributed by atoms with Gasteiger partial charge in [-0.05, 0) is 44.6 Å². The minimum atomic E-state index is 0.0820. The normalized spacial score (nSPS) is 20.9. The molecule has 1 heterocycles. The Labute approximate surface area is 124 Å². The molecule has 110 valence electrons. The van der Waals surface area contributed by atoms with Crippen molar-refractivity contribution in [2.24, 2.45) is 10.9 Å². The van der Waals surface area contributed by atoms with E-state index in [0.717, 1.165) is 25.2 Å². The van der Waals surface area contributed by atoms with Crippen LogP contribution in [-0.4, -0.2) is 49.2 Å². The predicted molar refractivity (Wildman–Crippen MR) is 82.9 cm³/mol. The van der Waals surface area contributed by atoms with E-state index in [1.54, 1.807) is 6.07 Å². The molecule has 0 aromatic heterocycles. The third kappa shape index (κ3) is 3.16. The molecular weight excluding hydrogens is 276 g/mol. The summed E-state index contributed by atoms with van der Waals surface area (Å²) in [5.41, 5.74) is 7.36. The van der Waals surface area contributed by atoms with Crippen LogP contribution in [0.3, 0.4) is 0 Å². The lowest BCUT2D eigenvalue weighted by Gasteiger charge is -2.37. The molecule has 0 aliphatic carbocycles. The summed E-state index contributed by atoms with van der Waals surface area (Å²) in [6, 6.07) is 5.90. The number of likely N-dealkylation sites (tertiary alicyclic amines) is 1. The van der Waals surface area contributed by atoms with Gasteiger partial charge in [-0.25, -0.2) is 0 Å². The van der Waals surface area contributed by atoms with Crippen molar-refractivity contribution < 1.29 is 5.21 Å². The van der Waals surface area contributed by atoms with Crippen LogP contribution in [0, 0.1) is 0 Å². The number of rotatable bonds is 3. The van der Waals surface area contributed by atoms with Crippen LogP contribution in [-0.2, 0) is 0 Å². The van der Waals surface area contributed by atoms with E-state index < -0.39 is 0 Å². The lowest BCUT2D eigenvalue weighted by molar-refractivity contribution is 0.248. The van der Waals surface area contributed by atoms with E-state index in [2.05, 4.69) is 22.0 Å². The Morgan fingerprint density at radius 2 is 2.30 bits per heavy atom. The maximum atomic E-state index is 8.93. The van der Waals surface area contributed by atoms with E-state index in [-0.39, 0.29) is 5.84 Å². The van der Waals surface area contributed by atoms with Crippen molar-refractivity contribution in [3.63, 3.8) is 0 Å². The molecule has 1 atom stereocenters.